The Bertz CT molecular complexity index is 155. The fraction of sp³-hybridized carbons (Fsp3) is 0.667. The summed E-state index contributed by atoms with van der Waals surface area (Å²) in [4.78, 5) is 10.1. The maximum Gasteiger partial charge on any atom is 0.139 e. The number of aldehydes is 1. The van der Waals surface area contributed by atoms with E-state index in [0.717, 1.165) is 12.0 Å². The van der Waals surface area contributed by atoms with Crippen LogP contribution in [0.5, 0.6) is 0 Å². The van der Waals surface area contributed by atoms with Crippen LogP contribution in [0.4, 0.5) is 0 Å². The average Bonchev–Trinajstić information content (AvgIpc) is 2.01. The van der Waals surface area contributed by atoms with Crippen LogP contribution in [0.25, 0.3) is 0 Å². The summed E-state index contributed by atoms with van der Waals surface area (Å²) in [6.45, 7) is 8.40. The zero-order valence-electron chi connectivity index (χ0n) is 8.05. The number of hydrogen-bond donors (Lipinski definition) is 2. The lowest BCUT2D eigenvalue weighted by atomic mass is 10.0. The summed E-state index contributed by atoms with van der Waals surface area (Å²) in [5.41, 5.74) is 0.875. The maximum atomic E-state index is 10.1. The number of rotatable bonds is 6. The van der Waals surface area contributed by atoms with E-state index in [1.165, 1.54) is 0 Å². The minimum Gasteiger partial charge on any atom is -0.381 e. The first-order valence-electron chi connectivity index (χ1n) is 4.17. The molecule has 0 radical (unpaired) electrons. The van der Waals surface area contributed by atoms with Crippen molar-refractivity contribution in [2.24, 2.45) is 5.92 Å². The molecule has 70 valence electrons. The Balaban J connectivity index is 3.94. The third kappa shape index (κ3) is 3.53. The molecule has 1 unspecified atom stereocenters. The molecule has 0 aromatic heterocycles. The summed E-state index contributed by atoms with van der Waals surface area (Å²) in [6, 6.07) is 0.227. The number of likely N-dealkylation sites (N-methyl/N-ethyl adjacent to an activating group) is 1. The summed E-state index contributed by atoms with van der Waals surface area (Å²) in [5, 5.41) is 6.07. The van der Waals surface area contributed by atoms with E-state index < -0.39 is 0 Å². The molecule has 3 nitrogen and oxygen atoms in total. The standard InChI is InChI=1S/C9H18N2O/c1-7(2)9(10-4)8(3)11-5-6-12/h6-7,9-11H,3,5H2,1-2,4H3. The van der Waals surface area contributed by atoms with Gasteiger partial charge in [0, 0.05) is 11.7 Å². The zero-order chi connectivity index (χ0) is 9.56. The third-order valence-electron chi connectivity index (χ3n) is 1.77. The van der Waals surface area contributed by atoms with E-state index in [1.807, 2.05) is 7.05 Å². The van der Waals surface area contributed by atoms with Crippen LogP contribution in [-0.2, 0) is 4.79 Å². The van der Waals surface area contributed by atoms with Crippen LogP contribution in [0.2, 0.25) is 0 Å². The van der Waals surface area contributed by atoms with Crippen molar-refractivity contribution in [1.82, 2.24) is 10.6 Å². The molecule has 0 saturated carbocycles. The third-order valence-corrected chi connectivity index (χ3v) is 1.77. The van der Waals surface area contributed by atoms with Crippen LogP contribution >= 0.6 is 0 Å². The SMILES string of the molecule is C=C(NCC=O)C(NC)C(C)C. The van der Waals surface area contributed by atoms with Gasteiger partial charge in [0.25, 0.3) is 0 Å². The average molecular weight is 170 g/mol. The summed E-state index contributed by atoms with van der Waals surface area (Å²) < 4.78 is 0. The van der Waals surface area contributed by atoms with E-state index in [4.69, 9.17) is 0 Å². The van der Waals surface area contributed by atoms with Gasteiger partial charge in [-0.15, -0.1) is 0 Å². The van der Waals surface area contributed by atoms with Crippen LogP contribution < -0.4 is 10.6 Å². The van der Waals surface area contributed by atoms with E-state index >= 15 is 0 Å². The Morgan fingerprint density at radius 2 is 2.17 bits per heavy atom. The van der Waals surface area contributed by atoms with Crippen molar-refractivity contribution in [3.63, 3.8) is 0 Å². The Labute approximate surface area is 74.2 Å². The lowest BCUT2D eigenvalue weighted by molar-refractivity contribution is -0.107. The van der Waals surface area contributed by atoms with Gasteiger partial charge in [0.15, 0.2) is 0 Å². The van der Waals surface area contributed by atoms with Gasteiger partial charge in [0.1, 0.15) is 6.29 Å². The van der Waals surface area contributed by atoms with Crippen molar-refractivity contribution in [2.75, 3.05) is 13.6 Å². The highest BCUT2D eigenvalue weighted by molar-refractivity contribution is 5.52. The molecule has 0 saturated heterocycles. The molecule has 0 fully saturated rings. The molecule has 0 aromatic rings. The topological polar surface area (TPSA) is 41.1 Å². The van der Waals surface area contributed by atoms with Crippen molar-refractivity contribution in [2.45, 2.75) is 19.9 Å². The molecule has 0 amide bonds. The Morgan fingerprint density at radius 1 is 1.58 bits per heavy atom. The zero-order valence-corrected chi connectivity index (χ0v) is 8.05. The van der Waals surface area contributed by atoms with Gasteiger partial charge in [-0.05, 0) is 13.0 Å². The number of nitrogens with one attached hydrogen (secondary N) is 2. The summed E-state index contributed by atoms with van der Waals surface area (Å²) in [5.74, 6) is 0.474. The molecule has 0 aromatic carbocycles. The Hall–Kier alpha value is -0.830. The monoisotopic (exact) mass is 170 g/mol. The molecule has 0 rings (SSSR count). The lowest BCUT2D eigenvalue weighted by Gasteiger charge is -2.22. The van der Waals surface area contributed by atoms with Crippen molar-refractivity contribution < 1.29 is 4.79 Å². The molecule has 2 N–H and O–H groups in total. The second-order valence-corrected chi connectivity index (χ2v) is 3.08. The molecule has 0 aliphatic rings. The second kappa shape index (κ2) is 5.77. The Kier molecular flexibility index (Phi) is 5.37. The largest absolute Gasteiger partial charge is 0.381 e. The van der Waals surface area contributed by atoms with Crippen LogP contribution in [0.1, 0.15) is 13.8 Å². The molecular formula is C9H18N2O. The van der Waals surface area contributed by atoms with Gasteiger partial charge < -0.3 is 15.4 Å². The summed E-state index contributed by atoms with van der Waals surface area (Å²) in [6.07, 6.45) is 0.832. The van der Waals surface area contributed by atoms with Gasteiger partial charge in [-0.2, -0.15) is 0 Å². The minimum absolute atomic E-state index is 0.227. The fourth-order valence-corrected chi connectivity index (χ4v) is 1.19. The summed E-state index contributed by atoms with van der Waals surface area (Å²) in [7, 11) is 1.89. The quantitative estimate of drug-likeness (QED) is 0.571. The maximum absolute atomic E-state index is 10.1. The van der Waals surface area contributed by atoms with E-state index in [-0.39, 0.29) is 6.04 Å². The van der Waals surface area contributed by atoms with Crippen molar-refractivity contribution >= 4 is 6.29 Å². The predicted molar refractivity (Wildman–Crippen MR) is 50.9 cm³/mol. The fourth-order valence-electron chi connectivity index (χ4n) is 1.19. The Morgan fingerprint density at radius 3 is 2.50 bits per heavy atom. The highest BCUT2D eigenvalue weighted by atomic mass is 16.1. The highest BCUT2D eigenvalue weighted by Gasteiger charge is 2.13. The number of carbonyl (C=O) groups excluding carboxylic acids is 1. The van der Waals surface area contributed by atoms with Crippen molar-refractivity contribution in [3.8, 4) is 0 Å². The molecule has 0 spiro atoms. The van der Waals surface area contributed by atoms with Gasteiger partial charge in [0.05, 0.1) is 6.54 Å². The van der Waals surface area contributed by atoms with E-state index in [9.17, 15) is 4.79 Å². The van der Waals surface area contributed by atoms with Gasteiger partial charge in [-0.25, -0.2) is 0 Å². The van der Waals surface area contributed by atoms with Crippen LogP contribution in [0.15, 0.2) is 12.3 Å². The summed E-state index contributed by atoms with van der Waals surface area (Å²) >= 11 is 0. The molecule has 0 aliphatic heterocycles. The molecule has 0 heterocycles. The molecule has 1 atom stereocenters. The van der Waals surface area contributed by atoms with Crippen LogP contribution in [-0.4, -0.2) is 25.9 Å². The lowest BCUT2D eigenvalue weighted by Crippen LogP contribution is -2.38. The molecule has 0 bridgehead atoms. The van der Waals surface area contributed by atoms with Gasteiger partial charge in [-0.1, -0.05) is 20.4 Å². The second-order valence-electron chi connectivity index (χ2n) is 3.08. The number of carbonyl (C=O) groups is 1. The highest BCUT2D eigenvalue weighted by Crippen LogP contribution is 2.06. The van der Waals surface area contributed by atoms with E-state index in [0.29, 0.717) is 12.5 Å². The normalized spacial score (nSPS) is 12.7. The van der Waals surface area contributed by atoms with Crippen LogP contribution in [0, 0.1) is 5.92 Å². The van der Waals surface area contributed by atoms with E-state index in [2.05, 4.69) is 31.1 Å². The first kappa shape index (κ1) is 11.2. The van der Waals surface area contributed by atoms with Gasteiger partial charge >= 0.3 is 0 Å². The first-order valence-corrected chi connectivity index (χ1v) is 4.17. The van der Waals surface area contributed by atoms with Gasteiger partial charge in [0.2, 0.25) is 0 Å². The first-order chi connectivity index (χ1) is 5.63. The predicted octanol–water partition coefficient (Wildman–Crippen LogP) is 0.533. The van der Waals surface area contributed by atoms with E-state index in [1.54, 1.807) is 0 Å². The van der Waals surface area contributed by atoms with Crippen molar-refractivity contribution in [3.05, 3.63) is 12.3 Å². The van der Waals surface area contributed by atoms with Crippen molar-refractivity contribution in [1.29, 1.82) is 0 Å². The van der Waals surface area contributed by atoms with Gasteiger partial charge in [-0.3, -0.25) is 0 Å². The molecule has 3 heteroatoms. The smallest absolute Gasteiger partial charge is 0.139 e. The van der Waals surface area contributed by atoms with Crippen LogP contribution in [0.3, 0.4) is 0 Å². The minimum atomic E-state index is 0.227. The molecule has 0 aliphatic carbocycles. The number of hydrogen-bond acceptors (Lipinski definition) is 3. The molecular weight excluding hydrogens is 152 g/mol. The molecule has 12 heavy (non-hydrogen) atoms.